The number of thiol groups is 1. The summed E-state index contributed by atoms with van der Waals surface area (Å²) in [5, 5.41) is 0.621. The first-order valence-corrected chi connectivity index (χ1v) is 6.31. The average molecular weight is 230 g/mol. The quantitative estimate of drug-likeness (QED) is 0.796. The molecule has 14 heavy (non-hydrogen) atoms. The Morgan fingerprint density at radius 2 is 2.29 bits per heavy atom. The van der Waals surface area contributed by atoms with Crippen molar-refractivity contribution in [2.24, 2.45) is 0 Å². The molecule has 0 aliphatic heterocycles. The molecule has 0 aromatic carbocycles. The van der Waals surface area contributed by atoms with E-state index in [1.165, 1.54) is 0 Å². The fourth-order valence-electron chi connectivity index (χ4n) is 0.997. The van der Waals surface area contributed by atoms with Crippen molar-refractivity contribution < 1.29 is 4.21 Å². The van der Waals surface area contributed by atoms with Gasteiger partial charge >= 0.3 is 0 Å². The molecule has 1 aromatic heterocycles. The predicted molar refractivity (Wildman–Crippen MR) is 61.6 cm³/mol. The van der Waals surface area contributed by atoms with Gasteiger partial charge in [0, 0.05) is 25.5 Å². The summed E-state index contributed by atoms with van der Waals surface area (Å²) in [5.74, 6) is 0. The van der Waals surface area contributed by atoms with Crippen molar-refractivity contribution in [1.82, 2.24) is 9.29 Å². The van der Waals surface area contributed by atoms with Gasteiger partial charge in [-0.1, -0.05) is 25.8 Å². The molecule has 0 aliphatic rings. The Morgan fingerprint density at radius 3 is 2.71 bits per heavy atom. The van der Waals surface area contributed by atoms with Crippen molar-refractivity contribution in [2.75, 3.05) is 12.8 Å². The van der Waals surface area contributed by atoms with Crippen molar-refractivity contribution in [3.63, 3.8) is 0 Å². The van der Waals surface area contributed by atoms with E-state index < -0.39 is 10.8 Å². The maximum atomic E-state index is 11.1. The van der Waals surface area contributed by atoms with Crippen LogP contribution < -0.4 is 0 Å². The van der Waals surface area contributed by atoms with Crippen molar-refractivity contribution in [2.45, 2.75) is 18.5 Å². The molecule has 0 amide bonds. The molecule has 0 spiro atoms. The van der Waals surface area contributed by atoms with Crippen LogP contribution >= 0.6 is 12.8 Å². The van der Waals surface area contributed by atoms with Crippen LogP contribution in [-0.4, -0.2) is 26.3 Å². The maximum Gasteiger partial charge on any atom is 0.126 e. The summed E-state index contributed by atoms with van der Waals surface area (Å²) in [6.07, 6.45) is 3.37. The molecule has 0 radical (unpaired) electrons. The summed E-state index contributed by atoms with van der Waals surface area (Å²) in [5.41, 5.74) is 1.08. The predicted octanol–water partition coefficient (Wildman–Crippen LogP) is 1.49. The third-order valence-electron chi connectivity index (χ3n) is 1.82. The lowest BCUT2D eigenvalue weighted by Crippen LogP contribution is -2.10. The second-order valence-corrected chi connectivity index (χ2v) is 4.83. The van der Waals surface area contributed by atoms with Crippen molar-refractivity contribution >= 4 is 23.6 Å². The van der Waals surface area contributed by atoms with E-state index in [1.807, 2.05) is 17.3 Å². The lowest BCUT2D eigenvalue weighted by molar-refractivity contribution is 0.498. The number of pyridine rings is 1. The van der Waals surface area contributed by atoms with Gasteiger partial charge in [0.05, 0.1) is 10.8 Å². The van der Waals surface area contributed by atoms with E-state index in [2.05, 4.69) is 17.8 Å². The van der Waals surface area contributed by atoms with E-state index in [9.17, 15) is 4.21 Å². The van der Waals surface area contributed by atoms with Gasteiger partial charge in [-0.05, 0) is 11.6 Å². The first-order valence-electron chi connectivity index (χ1n) is 4.35. The zero-order valence-corrected chi connectivity index (χ0v) is 10.0. The van der Waals surface area contributed by atoms with Gasteiger partial charge in [-0.15, -0.1) is 0 Å². The van der Waals surface area contributed by atoms with Crippen LogP contribution in [0.2, 0.25) is 0 Å². The third kappa shape index (κ3) is 3.40. The zero-order chi connectivity index (χ0) is 10.6. The molecular formula is C9H14N2OS2. The minimum absolute atomic E-state index is 0.621. The summed E-state index contributed by atoms with van der Waals surface area (Å²) < 4.78 is 12.9. The summed E-state index contributed by atoms with van der Waals surface area (Å²) in [6, 6.07) is 3.73. The second kappa shape index (κ2) is 5.48. The molecule has 1 atom stereocenters. The van der Waals surface area contributed by atoms with Crippen LogP contribution in [0.3, 0.4) is 0 Å². The molecule has 78 valence electrons. The highest BCUT2D eigenvalue weighted by atomic mass is 32.2. The highest BCUT2D eigenvalue weighted by Gasteiger charge is 2.01. The van der Waals surface area contributed by atoms with Crippen LogP contribution in [-0.2, 0) is 17.3 Å². The molecule has 1 aromatic rings. The third-order valence-corrected chi connectivity index (χ3v) is 3.08. The Kier molecular flexibility index (Phi) is 4.57. The van der Waals surface area contributed by atoms with Gasteiger partial charge in [0.1, 0.15) is 5.03 Å². The molecule has 0 saturated carbocycles. The normalized spacial score (nSPS) is 13.1. The van der Waals surface area contributed by atoms with E-state index in [-0.39, 0.29) is 0 Å². The fourth-order valence-corrected chi connectivity index (χ4v) is 1.62. The smallest absolute Gasteiger partial charge is 0.126 e. The van der Waals surface area contributed by atoms with Crippen LogP contribution in [0.1, 0.15) is 12.5 Å². The minimum atomic E-state index is -0.996. The lowest BCUT2D eigenvalue weighted by Gasteiger charge is -2.11. The molecule has 0 aliphatic carbocycles. The Hall–Kier alpha value is -0.390. The summed E-state index contributed by atoms with van der Waals surface area (Å²) in [6.45, 7) is 3.67. The topological polar surface area (TPSA) is 33.2 Å². The van der Waals surface area contributed by atoms with Gasteiger partial charge in [-0.2, -0.15) is 0 Å². The van der Waals surface area contributed by atoms with Crippen LogP contribution in [0.15, 0.2) is 23.4 Å². The first-order chi connectivity index (χ1) is 6.63. The van der Waals surface area contributed by atoms with Crippen molar-refractivity contribution in [3.8, 4) is 0 Å². The molecule has 1 rings (SSSR count). The lowest BCUT2D eigenvalue weighted by atomic mass is 10.3. The largest absolute Gasteiger partial charge is 0.253 e. The number of hydrogen-bond donors (Lipinski definition) is 1. The summed E-state index contributed by atoms with van der Waals surface area (Å²) in [7, 11) is -0.996. The molecule has 0 saturated heterocycles. The number of nitrogens with zero attached hydrogens (tertiary/aromatic N) is 2. The van der Waals surface area contributed by atoms with E-state index in [0.717, 1.165) is 18.7 Å². The highest BCUT2D eigenvalue weighted by molar-refractivity contribution is 7.84. The Morgan fingerprint density at radius 1 is 1.57 bits per heavy atom. The van der Waals surface area contributed by atoms with Crippen molar-refractivity contribution in [1.29, 1.82) is 0 Å². The fraction of sp³-hybridized carbons (Fsp3) is 0.444. The van der Waals surface area contributed by atoms with E-state index >= 15 is 0 Å². The van der Waals surface area contributed by atoms with Gasteiger partial charge in [0.15, 0.2) is 0 Å². The van der Waals surface area contributed by atoms with Crippen LogP contribution in [0.4, 0.5) is 0 Å². The molecule has 1 heterocycles. The number of rotatable bonds is 4. The van der Waals surface area contributed by atoms with Crippen LogP contribution in [0.25, 0.3) is 0 Å². The van der Waals surface area contributed by atoms with E-state index in [0.29, 0.717) is 5.03 Å². The molecule has 3 nitrogen and oxygen atoms in total. The van der Waals surface area contributed by atoms with Crippen LogP contribution in [0, 0.1) is 0 Å². The second-order valence-electron chi connectivity index (χ2n) is 2.94. The SMILES string of the molecule is CCN(S)Cc1ccc(S(C)=O)nc1. The van der Waals surface area contributed by atoms with Crippen LogP contribution in [0.5, 0.6) is 0 Å². The minimum Gasteiger partial charge on any atom is -0.253 e. The van der Waals surface area contributed by atoms with Gasteiger partial charge in [0.25, 0.3) is 0 Å². The molecular weight excluding hydrogens is 216 g/mol. The van der Waals surface area contributed by atoms with E-state index in [4.69, 9.17) is 0 Å². The Balaban J connectivity index is 2.68. The molecule has 5 heteroatoms. The van der Waals surface area contributed by atoms with Gasteiger partial charge in [0.2, 0.25) is 0 Å². The molecule has 0 bridgehead atoms. The number of hydrogen-bond acceptors (Lipinski definition) is 4. The monoisotopic (exact) mass is 230 g/mol. The standard InChI is InChI=1S/C9H14N2OS2/c1-3-11(13)7-8-4-5-9(10-6-8)14(2)12/h4-6,13H,3,7H2,1-2H3. The first kappa shape index (κ1) is 11.7. The summed E-state index contributed by atoms with van der Waals surface area (Å²) >= 11 is 4.25. The Bertz CT molecular complexity index is 313. The van der Waals surface area contributed by atoms with E-state index in [1.54, 1.807) is 18.5 Å². The zero-order valence-electron chi connectivity index (χ0n) is 8.30. The Labute approximate surface area is 92.5 Å². The average Bonchev–Trinajstić information content (AvgIpc) is 2.18. The molecule has 0 N–H and O–H groups in total. The number of aromatic nitrogens is 1. The highest BCUT2D eigenvalue weighted by Crippen LogP contribution is 2.07. The molecule has 0 fully saturated rings. The maximum absolute atomic E-state index is 11.1. The van der Waals surface area contributed by atoms with Gasteiger partial charge < -0.3 is 0 Å². The van der Waals surface area contributed by atoms with Gasteiger partial charge in [-0.25, -0.2) is 9.29 Å². The summed E-state index contributed by atoms with van der Waals surface area (Å²) in [4.78, 5) is 4.10. The van der Waals surface area contributed by atoms with Gasteiger partial charge in [-0.3, -0.25) is 4.21 Å². The molecule has 1 unspecified atom stereocenters. The van der Waals surface area contributed by atoms with Crippen molar-refractivity contribution in [3.05, 3.63) is 23.9 Å².